The smallest absolute Gasteiger partial charge is 0.232 e. The van der Waals surface area contributed by atoms with Gasteiger partial charge in [0.15, 0.2) is 0 Å². The van der Waals surface area contributed by atoms with Gasteiger partial charge in [0, 0.05) is 11.5 Å². The van der Waals surface area contributed by atoms with Crippen molar-refractivity contribution in [1.82, 2.24) is 4.98 Å². The highest BCUT2D eigenvalue weighted by Crippen LogP contribution is 2.22. The summed E-state index contributed by atoms with van der Waals surface area (Å²) in [5.41, 5.74) is 1.24. The fourth-order valence-electron chi connectivity index (χ4n) is 1.78. The summed E-state index contributed by atoms with van der Waals surface area (Å²) in [6.07, 6.45) is 2.09. The number of rotatable bonds is 5. The van der Waals surface area contributed by atoms with Gasteiger partial charge >= 0.3 is 0 Å². The van der Waals surface area contributed by atoms with E-state index < -0.39 is 10.0 Å². The monoisotopic (exact) mass is 280 g/mol. The molecule has 0 saturated heterocycles. The predicted octanol–water partition coefficient (Wildman–Crippen LogP) is 2.40. The van der Waals surface area contributed by atoms with Gasteiger partial charge < -0.3 is 4.74 Å². The van der Waals surface area contributed by atoms with E-state index >= 15 is 0 Å². The second kappa shape index (κ2) is 5.44. The second-order valence-corrected chi connectivity index (χ2v) is 6.05. The van der Waals surface area contributed by atoms with Crippen molar-refractivity contribution in [2.45, 2.75) is 13.3 Å². The minimum absolute atomic E-state index is 0.105. The third kappa shape index (κ3) is 3.35. The highest BCUT2D eigenvalue weighted by molar-refractivity contribution is 7.92. The van der Waals surface area contributed by atoms with Gasteiger partial charge in [-0.15, -0.1) is 0 Å². The number of nitrogens with one attached hydrogen (secondary N) is 1. The lowest BCUT2D eigenvalue weighted by Crippen LogP contribution is -2.16. The number of anilines is 1. The molecule has 0 unspecified atom stereocenters. The third-order valence-electron chi connectivity index (χ3n) is 2.64. The first-order chi connectivity index (χ1) is 9.04. The van der Waals surface area contributed by atoms with Crippen LogP contribution < -0.4 is 9.46 Å². The van der Waals surface area contributed by atoms with Gasteiger partial charge in [0.05, 0.1) is 30.3 Å². The minimum atomic E-state index is -3.28. The SMILES string of the molecule is CCCS(=O)(=O)Nc1cnc2cc(OC)ccc2c1. The van der Waals surface area contributed by atoms with Crippen molar-refractivity contribution in [1.29, 1.82) is 0 Å². The van der Waals surface area contributed by atoms with Crippen molar-refractivity contribution in [3.63, 3.8) is 0 Å². The summed E-state index contributed by atoms with van der Waals surface area (Å²) in [5.74, 6) is 0.826. The van der Waals surface area contributed by atoms with Crippen molar-refractivity contribution in [3.05, 3.63) is 30.5 Å². The summed E-state index contributed by atoms with van der Waals surface area (Å²) >= 11 is 0. The molecule has 1 aromatic carbocycles. The fraction of sp³-hybridized carbons (Fsp3) is 0.308. The van der Waals surface area contributed by atoms with Gasteiger partial charge in [-0.3, -0.25) is 9.71 Å². The highest BCUT2D eigenvalue weighted by Gasteiger charge is 2.09. The number of hydrogen-bond donors (Lipinski definition) is 1. The molecule has 2 aromatic rings. The minimum Gasteiger partial charge on any atom is -0.497 e. The van der Waals surface area contributed by atoms with Crippen LogP contribution in [0.5, 0.6) is 5.75 Å². The molecule has 1 heterocycles. The Morgan fingerprint density at radius 1 is 1.32 bits per heavy atom. The van der Waals surface area contributed by atoms with E-state index in [1.165, 1.54) is 6.20 Å². The molecule has 0 atom stereocenters. The first-order valence-corrected chi connectivity index (χ1v) is 7.63. The van der Waals surface area contributed by atoms with Crippen LogP contribution in [-0.4, -0.2) is 26.3 Å². The van der Waals surface area contributed by atoms with E-state index in [4.69, 9.17) is 4.74 Å². The molecule has 5 nitrogen and oxygen atoms in total. The summed E-state index contributed by atoms with van der Waals surface area (Å²) in [4.78, 5) is 4.23. The van der Waals surface area contributed by atoms with Gasteiger partial charge in [0.2, 0.25) is 10.0 Å². The number of benzene rings is 1. The van der Waals surface area contributed by atoms with Crippen LogP contribution in [0.15, 0.2) is 30.5 Å². The molecule has 0 fully saturated rings. The van der Waals surface area contributed by atoms with E-state index in [0.29, 0.717) is 12.1 Å². The average molecular weight is 280 g/mol. The summed E-state index contributed by atoms with van der Waals surface area (Å²) in [5, 5.41) is 0.859. The zero-order valence-corrected chi connectivity index (χ0v) is 11.7. The van der Waals surface area contributed by atoms with Crippen LogP contribution in [0.2, 0.25) is 0 Å². The van der Waals surface area contributed by atoms with E-state index in [1.54, 1.807) is 19.2 Å². The average Bonchev–Trinajstić information content (AvgIpc) is 2.37. The van der Waals surface area contributed by atoms with Gasteiger partial charge in [-0.25, -0.2) is 8.42 Å². The summed E-state index contributed by atoms with van der Waals surface area (Å²) in [6, 6.07) is 7.22. The molecule has 0 spiro atoms. The lowest BCUT2D eigenvalue weighted by molar-refractivity contribution is 0.415. The molecule has 0 aliphatic rings. The number of nitrogens with zero attached hydrogens (tertiary/aromatic N) is 1. The lowest BCUT2D eigenvalue weighted by Gasteiger charge is -2.08. The standard InChI is InChI=1S/C13H16N2O3S/c1-3-6-19(16,17)15-11-7-10-4-5-12(18-2)8-13(10)14-9-11/h4-5,7-9,15H,3,6H2,1-2H3. The summed E-state index contributed by atoms with van der Waals surface area (Å²) in [6.45, 7) is 1.82. The quantitative estimate of drug-likeness (QED) is 0.913. The molecule has 0 aliphatic carbocycles. The topological polar surface area (TPSA) is 68.3 Å². The molecule has 0 aliphatic heterocycles. The largest absolute Gasteiger partial charge is 0.497 e. The summed E-state index contributed by atoms with van der Waals surface area (Å²) in [7, 11) is -1.69. The molecular formula is C13H16N2O3S. The van der Waals surface area contributed by atoms with Gasteiger partial charge in [0.25, 0.3) is 0 Å². The van der Waals surface area contributed by atoms with Crippen LogP contribution >= 0.6 is 0 Å². The molecule has 19 heavy (non-hydrogen) atoms. The maximum Gasteiger partial charge on any atom is 0.232 e. The number of sulfonamides is 1. The molecule has 102 valence electrons. The number of ether oxygens (including phenoxy) is 1. The number of methoxy groups -OCH3 is 1. The normalized spacial score (nSPS) is 11.5. The Morgan fingerprint density at radius 3 is 2.79 bits per heavy atom. The Bertz CT molecular complexity index is 683. The van der Waals surface area contributed by atoms with Crippen LogP contribution in [-0.2, 0) is 10.0 Å². The molecule has 0 amide bonds. The second-order valence-electron chi connectivity index (χ2n) is 4.20. The Kier molecular flexibility index (Phi) is 3.90. The first kappa shape index (κ1) is 13.6. The zero-order chi connectivity index (χ0) is 13.9. The predicted molar refractivity (Wildman–Crippen MR) is 76.0 cm³/mol. The molecule has 1 aromatic heterocycles. The van der Waals surface area contributed by atoms with Gasteiger partial charge in [-0.2, -0.15) is 0 Å². The maximum atomic E-state index is 11.7. The van der Waals surface area contributed by atoms with E-state index in [2.05, 4.69) is 9.71 Å². The number of pyridine rings is 1. The van der Waals surface area contributed by atoms with E-state index in [0.717, 1.165) is 16.7 Å². The third-order valence-corrected chi connectivity index (χ3v) is 4.13. The van der Waals surface area contributed by atoms with Gasteiger partial charge in [-0.05, 0) is 24.6 Å². The first-order valence-electron chi connectivity index (χ1n) is 5.98. The van der Waals surface area contributed by atoms with Crippen LogP contribution in [0, 0.1) is 0 Å². The number of hydrogen-bond acceptors (Lipinski definition) is 4. The van der Waals surface area contributed by atoms with Crippen molar-refractivity contribution in [2.24, 2.45) is 0 Å². The van der Waals surface area contributed by atoms with E-state index in [-0.39, 0.29) is 5.75 Å². The Morgan fingerprint density at radius 2 is 2.11 bits per heavy atom. The number of aromatic nitrogens is 1. The van der Waals surface area contributed by atoms with Crippen molar-refractivity contribution in [2.75, 3.05) is 17.6 Å². The van der Waals surface area contributed by atoms with Gasteiger partial charge in [-0.1, -0.05) is 6.92 Å². The van der Waals surface area contributed by atoms with E-state index in [1.807, 2.05) is 19.1 Å². The maximum absolute atomic E-state index is 11.7. The Balaban J connectivity index is 2.32. The zero-order valence-electron chi connectivity index (χ0n) is 10.9. The van der Waals surface area contributed by atoms with Crippen LogP contribution in [0.4, 0.5) is 5.69 Å². The van der Waals surface area contributed by atoms with Crippen molar-refractivity contribution < 1.29 is 13.2 Å². The molecular weight excluding hydrogens is 264 g/mol. The Labute approximate surface area is 112 Å². The highest BCUT2D eigenvalue weighted by atomic mass is 32.2. The van der Waals surface area contributed by atoms with Crippen LogP contribution in [0.1, 0.15) is 13.3 Å². The molecule has 2 rings (SSSR count). The van der Waals surface area contributed by atoms with Crippen LogP contribution in [0.25, 0.3) is 10.9 Å². The molecule has 0 bridgehead atoms. The summed E-state index contributed by atoms with van der Waals surface area (Å²) < 4.78 is 31.0. The van der Waals surface area contributed by atoms with E-state index in [9.17, 15) is 8.42 Å². The fourth-order valence-corrected chi connectivity index (χ4v) is 2.89. The molecule has 1 N–H and O–H groups in total. The van der Waals surface area contributed by atoms with Gasteiger partial charge in [0.1, 0.15) is 5.75 Å². The number of fused-ring (bicyclic) bond motifs is 1. The van der Waals surface area contributed by atoms with Crippen LogP contribution in [0.3, 0.4) is 0 Å². The molecule has 0 radical (unpaired) electrons. The van der Waals surface area contributed by atoms with Crippen molar-refractivity contribution in [3.8, 4) is 5.75 Å². The van der Waals surface area contributed by atoms with Crippen molar-refractivity contribution >= 4 is 26.6 Å². The molecule has 6 heteroatoms. The molecule has 0 saturated carbocycles. The Hall–Kier alpha value is -1.82. The lowest BCUT2D eigenvalue weighted by atomic mass is 10.2.